The molecule has 29 heavy (non-hydrogen) atoms. The number of aliphatic hydroxyl groups excluding tert-OH is 1. The number of carbonyl (C=O) groups excluding carboxylic acids is 1. The van der Waals surface area contributed by atoms with Crippen molar-refractivity contribution >= 4 is 5.91 Å². The van der Waals surface area contributed by atoms with Crippen molar-refractivity contribution < 1.29 is 23.2 Å². The van der Waals surface area contributed by atoms with Crippen molar-refractivity contribution in [2.45, 2.75) is 26.0 Å². The fourth-order valence-corrected chi connectivity index (χ4v) is 2.58. The molecule has 2 heterocycles. The number of rotatable bonds is 6. The van der Waals surface area contributed by atoms with Crippen LogP contribution in [0.4, 0.5) is 8.78 Å². The topological polar surface area (TPSA) is 117 Å². The van der Waals surface area contributed by atoms with E-state index in [0.717, 1.165) is 12.1 Å². The van der Waals surface area contributed by atoms with Crippen LogP contribution in [-0.4, -0.2) is 32.5 Å². The molecule has 1 unspecified atom stereocenters. The third kappa shape index (κ3) is 4.30. The summed E-state index contributed by atoms with van der Waals surface area (Å²) < 4.78 is 34.0. The maximum Gasteiger partial charge on any atom is 0.273 e. The third-order valence-electron chi connectivity index (χ3n) is 4.24. The lowest BCUT2D eigenvalue weighted by Crippen LogP contribution is -2.30. The van der Waals surface area contributed by atoms with Crippen molar-refractivity contribution in [2.24, 2.45) is 0 Å². The molecule has 2 aromatic heterocycles. The van der Waals surface area contributed by atoms with Gasteiger partial charge in [-0.3, -0.25) is 9.48 Å². The number of hydrogen-bond acceptors (Lipinski definition) is 6. The average molecular weight is 401 g/mol. The standard InChI is InChI=1S/C19H17F2N5O3/c1-10(9-23-19(28)17-7-18(11(2)27)29-25-17)26-4-3-16(24-26)12-5-14(20)13(8-22)15(21)6-12/h3-7,10-11,27H,9H2,1-2H3,(H,23,28)/t10?,11-/m1/s1. The van der Waals surface area contributed by atoms with Gasteiger partial charge in [-0.1, -0.05) is 5.16 Å². The van der Waals surface area contributed by atoms with Crippen LogP contribution >= 0.6 is 0 Å². The van der Waals surface area contributed by atoms with E-state index >= 15 is 0 Å². The van der Waals surface area contributed by atoms with Gasteiger partial charge in [-0.2, -0.15) is 10.4 Å². The summed E-state index contributed by atoms with van der Waals surface area (Å²) in [5.74, 6) is -2.21. The SMILES string of the molecule is CC(CNC(=O)c1cc([C@@H](C)O)on1)n1ccc(-c2cc(F)c(C#N)c(F)c2)n1. The van der Waals surface area contributed by atoms with Crippen LogP contribution in [0.3, 0.4) is 0 Å². The lowest BCUT2D eigenvalue weighted by molar-refractivity contribution is 0.0937. The number of aliphatic hydroxyl groups is 1. The molecule has 0 saturated carbocycles. The number of carbonyl (C=O) groups is 1. The Bertz CT molecular complexity index is 1060. The first kappa shape index (κ1) is 20.2. The summed E-state index contributed by atoms with van der Waals surface area (Å²) in [7, 11) is 0. The monoisotopic (exact) mass is 401 g/mol. The van der Waals surface area contributed by atoms with Crippen LogP contribution < -0.4 is 5.32 Å². The molecule has 1 amide bonds. The van der Waals surface area contributed by atoms with Crippen LogP contribution in [-0.2, 0) is 0 Å². The molecule has 0 aliphatic heterocycles. The zero-order chi connectivity index (χ0) is 21.1. The lowest BCUT2D eigenvalue weighted by atomic mass is 10.1. The second kappa shape index (κ2) is 8.20. The fourth-order valence-electron chi connectivity index (χ4n) is 2.58. The normalized spacial score (nSPS) is 13.0. The van der Waals surface area contributed by atoms with E-state index in [2.05, 4.69) is 15.6 Å². The van der Waals surface area contributed by atoms with Crippen LogP contribution in [0.1, 0.15) is 47.8 Å². The van der Waals surface area contributed by atoms with Gasteiger partial charge in [0.15, 0.2) is 11.5 Å². The minimum absolute atomic E-state index is 0.0396. The predicted octanol–water partition coefficient (Wildman–Crippen LogP) is 2.73. The van der Waals surface area contributed by atoms with E-state index in [-0.39, 0.29) is 29.6 Å². The minimum Gasteiger partial charge on any atom is -0.385 e. The minimum atomic E-state index is -0.957. The summed E-state index contributed by atoms with van der Waals surface area (Å²) >= 11 is 0. The first-order valence-electron chi connectivity index (χ1n) is 8.67. The molecule has 0 bridgehead atoms. The summed E-state index contributed by atoms with van der Waals surface area (Å²) in [6, 6.07) is 6.22. The number of nitriles is 1. The highest BCUT2D eigenvalue weighted by Crippen LogP contribution is 2.23. The Labute approximate surface area is 164 Å². The summed E-state index contributed by atoms with van der Waals surface area (Å²) in [6.07, 6.45) is 0.740. The first-order valence-corrected chi connectivity index (χ1v) is 8.67. The zero-order valence-electron chi connectivity index (χ0n) is 15.6. The summed E-state index contributed by atoms with van der Waals surface area (Å²) in [5, 5.41) is 28.7. The number of amides is 1. The molecule has 3 rings (SSSR count). The Balaban J connectivity index is 1.67. The maximum absolute atomic E-state index is 13.8. The van der Waals surface area contributed by atoms with Gasteiger partial charge in [0.05, 0.1) is 11.7 Å². The number of nitrogens with one attached hydrogen (secondary N) is 1. The van der Waals surface area contributed by atoms with Gasteiger partial charge < -0.3 is 14.9 Å². The van der Waals surface area contributed by atoms with E-state index in [9.17, 15) is 18.7 Å². The summed E-state index contributed by atoms with van der Waals surface area (Å²) in [4.78, 5) is 12.1. The fraction of sp³-hybridized carbons (Fsp3) is 0.263. The molecular formula is C19H17F2N5O3. The molecule has 0 fully saturated rings. The maximum atomic E-state index is 13.8. The largest absolute Gasteiger partial charge is 0.385 e. The van der Waals surface area contributed by atoms with Crippen LogP contribution in [0.25, 0.3) is 11.3 Å². The van der Waals surface area contributed by atoms with Gasteiger partial charge in [-0.05, 0) is 32.0 Å². The van der Waals surface area contributed by atoms with Crippen molar-refractivity contribution in [1.29, 1.82) is 5.26 Å². The Morgan fingerprint density at radius 3 is 2.62 bits per heavy atom. The molecule has 2 atom stereocenters. The number of benzene rings is 1. The molecule has 0 saturated heterocycles. The molecule has 0 spiro atoms. The Kier molecular flexibility index (Phi) is 5.70. The molecule has 0 radical (unpaired) electrons. The summed E-state index contributed by atoms with van der Waals surface area (Å²) in [5.41, 5.74) is -0.0839. The van der Waals surface area contributed by atoms with Crippen LogP contribution in [0.15, 0.2) is 35.0 Å². The Morgan fingerprint density at radius 2 is 2.03 bits per heavy atom. The van der Waals surface area contributed by atoms with Gasteiger partial charge in [0.1, 0.15) is 29.4 Å². The van der Waals surface area contributed by atoms with E-state index in [1.807, 2.05) is 0 Å². The molecule has 150 valence electrons. The van der Waals surface area contributed by atoms with Gasteiger partial charge >= 0.3 is 0 Å². The number of halogens is 2. The third-order valence-corrected chi connectivity index (χ3v) is 4.24. The highest BCUT2D eigenvalue weighted by molar-refractivity contribution is 5.92. The van der Waals surface area contributed by atoms with Crippen molar-refractivity contribution in [2.75, 3.05) is 6.54 Å². The molecule has 3 aromatic rings. The number of aromatic nitrogens is 3. The number of hydrogen-bond donors (Lipinski definition) is 2. The zero-order valence-corrected chi connectivity index (χ0v) is 15.6. The molecule has 1 aromatic carbocycles. The predicted molar refractivity (Wildman–Crippen MR) is 96.5 cm³/mol. The van der Waals surface area contributed by atoms with E-state index in [4.69, 9.17) is 9.78 Å². The van der Waals surface area contributed by atoms with Crippen molar-refractivity contribution in [3.05, 3.63) is 59.1 Å². The highest BCUT2D eigenvalue weighted by Gasteiger charge is 2.17. The molecule has 8 nitrogen and oxygen atoms in total. The smallest absolute Gasteiger partial charge is 0.273 e. The highest BCUT2D eigenvalue weighted by atomic mass is 19.1. The van der Waals surface area contributed by atoms with Crippen molar-refractivity contribution in [1.82, 2.24) is 20.3 Å². The van der Waals surface area contributed by atoms with Gasteiger partial charge in [0, 0.05) is 24.4 Å². The second-order valence-electron chi connectivity index (χ2n) is 6.46. The first-order chi connectivity index (χ1) is 13.8. The molecular weight excluding hydrogens is 384 g/mol. The van der Waals surface area contributed by atoms with Gasteiger partial charge in [-0.15, -0.1) is 0 Å². The van der Waals surface area contributed by atoms with E-state index in [1.54, 1.807) is 19.2 Å². The molecule has 0 aliphatic carbocycles. The molecule has 10 heteroatoms. The molecule has 2 N–H and O–H groups in total. The van der Waals surface area contributed by atoms with Crippen molar-refractivity contribution in [3.63, 3.8) is 0 Å². The van der Waals surface area contributed by atoms with E-state index in [0.29, 0.717) is 5.69 Å². The summed E-state index contributed by atoms with van der Waals surface area (Å²) in [6.45, 7) is 3.49. The Hall–Kier alpha value is -3.58. The van der Waals surface area contributed by atoms with Gasteiger partial charge in [0.25, 0.3) is 5.91 Å². The quantitative estimate of drug-likeness (QED) is 0.656. The average Bonchev–Trinajstić information content (AvgIpc) is 3.35. The van der Waals surface area contributed by atoms with Gasteiger partial charge in [0.2, 0.25) is 0 Å². The Morgan fingerprint density at radius 1 is 1.34 bits per heavy atom. The molecule has 0 aliphatic rings. The van der Waals surface area contributed by atoms with Crippen LogP contribution in [0.2, 0.25) is 0 Å². The second-order valence-corrected chi connectivity index (χ2v) is 6.46. The van der Waals surface area contributed by atoms with Crippen LogP contribution in [0, 0.1) is 23.0 Å². The van der Waals surface area contributed by atoms with E-state index < -0.39 is 29.2 Å². The van der Waals surface area contributed by atoms with Gasteiger partial charge in [-0.25, -0.2) is 8.78 Å². The lowest BCUT2D eigenvalue weighted by Gasteiger charge is -2.12. The van der Waals surface area contributed by atoms with E-state index in [1.165, 1.54) is 23.7 Å². The van der Waals surface area contributed by atoms with Crippen LogP contribution in [0.5, 0.6) is 0 Å². The number of nitrogens with zero attached hydrogens (tertiary/aromatic N) is 4. The van der Waals surface area contributed by atoms with Crippen molar-refractivity contribution in [3.8, 4) is 17.3 Å².